The molecule has 2 fully saturated rings. The monoisotopic (exact) mass is 359 g/mol. The van der Waals surface area contributed by atoms with E-state index in [-0.39, 0.29) is 11.9 Å². The van der Waals surface area contributed by atoms with Crippen molar-refractivity contribution in [3.05, 3.63) is 24.3 Å². The van der Waals surface area contributed by atoms with Crippen molar-refractivity contribution in [1.29, 1.82) is 0 Å². The van der Waals surface area contributed by atoms with Crippen LogP contribution in [0.25, 0.3) is 0 Å². The molecule has 0 unspecified atom stereocenters. The molecule has 0 radical (unpaired) electrons. The minimum Gasteiger partial charge on any atom is -0.497 e. The van der Waals surface area contributed by atoms with E-state index in [9.17, 15) is 4.79 Å². The topological polar surface area (TPSA) is 44.8 Å². The minimum absolute atomic E-state index is 0.0487. The number of ether oxygens (including phenoxy) is 1. The van der Waals surface area contributed by atoms with Crippen LogP contribution in [0.15, 0.2) is 24.3 Å². The van der Waals surface area contributed by atoms with E-state index >= 15 is 0 Å². The molecule has 0 spiro atoms. The van der Waals surface area contributed by atoms with E-state index < -0.39 is 0 Å². The lowest BCUT2D eigenvalue weighted by Crippen LogP contribution is -2.55. The van der Waals surface area contributed by atoms with E-state index in [2.05, 4.69) is 34.2 Å². The molecule has 144 valence electrons. The number of methoxy groups -OCH3 is 1. The molecule has 1 atom stereocenters. The van der Waals surface area contributed by atoms with E-state index in [1.54, 1.807) is 7.11 Å². The number of piperazine rings is 1. The molecule has 26 heavy (non-hydrogen) atoms. The van der Waals surface area contributed by atoms with Gasteiger partial charge in [-0.3, -0.25) is 9.69 Å². The highest BCUT2D eigenvalue weighted by Gasteiger charge is 2.28. The fourth-order valence-electron chi connectivity index (χ4n) is 4.05. The van der Waals surface area contributed by atoms with Crippen LogP contribution in [0.4, 0.5) is 5.69 Å². The van der Waals surface area contributed by atoms with E-state index in [4.69, 9.17) is 4.74 Å². The summed E-state index contributed by atoms with van der Waals surface area (Å²) in [6.07, 6.45) is 4.73. The van der Waals surface area contributed by atoms with Gasteiger partial charge >= 0.3 is 0 Å². The molecule has 1 saturated carbocycles. The Hall–Kier alpha value is -1.75. The molecular weight excluding hydrogens is 326 g/mol. The summed E-state index contributed by atoms with van der Waals surface area (Å²) in [6.45, 7) is 8.09. The molecule has 1 N–H and O–H groups in total. The van der Waals surface area contributed by atoms with Crippen molar-refractivity contribution < 1.29 is 9.53 Å². The molecule has 0 bridgehead atoms. The third-order valence-corrected chi connectivity index (χ3v) is 6.04. The van der Waals surface area contributed by atoms with Crippen LogP contribution in [0, 0.1) is 5.92 Å². The average Bonchev–Trinajstić information content (AvgIpc) is 2.69. The van der Waals surface area contributed by atoms with Crippen LogP contribution in [0.3, 0.4) is 0 Å². The van der Waals surface area contributed by atoms with Gasteiger partial charge in [0.2, 0.25) is 5.91 Å². The van der Waals surface area contributed by atoms with E-state index in [0.717, 1.165) is 50.7 Å². The van der Waals surface area contributed by atoms with Gasteiger partial charge in [0.05, 0.1) is 13.2 Å². The zero-order valence-corrected chi connectivity index (χ0v) is 16.4. The molecule has 5 heteroatoms. The van der Waals surface area contributed by atoms with Crippen LogP contribution >= 0.6 is 0 Å². The Morgan fingerprint density at radius 2 is 1.69 bits per heavy atom. The second-order valence-corrected chi connectivity index (χ2v) is 7.86. The van der Waals surface area contributed by atoms with Crippen molar-refractivity contribution in [2.75, 3.05) is 38.2 Å². The maximum absolute atomic E-state index is 12.6. The summed E-state index contributed by atoms with van der Waals surface area (Å²) in [6, 6.07) is 8.55. The number of amides is 1. The van der Waals surface area contributed by atoms with Crippen LogP contribution < -0.4 is 15.0 Å². The fourth-order valence-corrected chi connectivity index (χ4v) is 4.05. The lowest BCUT2D eigenvalue weighted by atomic mass is 9.87. The maximum Gasteiger partial charge on any atom is 0.237 e. The second-order valence-electron chi connectivity index (χ2n) is 7.86. The number of nitrogens with one attached hydrogen (secondary N) is 1. The van der Waals surface area contributed by atoms with Gasteiger partial charge in [0, 0.05) is 37.9 Å². The van der Waals surface area contributed by atoms with Crippen molar-refractivity contribution in [2.45, 2.75) is 51.6 Å². The van der Waals surface area contributed by atoms with Crippen molar-refractivity contribution in [1.82, 2.24) is 10.2 Å². The van der Waals surface area contributed by atoms with Crippen LogP contribution in [0.2, 0.25) is 0 Å². The van der Waals surface area contributed by atoms with Crippen LogP contribution in [-0.2, 0) is 4.79 Å². The molecule has 1 aliphatic heterocycles. The number of anilines is 1. The van der Waals surface area contributed by atoms with Crippen molar-refractivity contribution in [3.8, 4) is 5.75 Å². The number of carbonyl (C=O) groups is 1. The Morgan fingerprint density at radius 3 is 2.27 bits per heavy atom. The molecule has 3 rings (SSSR count). The van der Waals surface area contributed by atoms with Crippen molar-refractivity contribution in [2.24, 2.45) is 5.92 Å². The number of hydrogen-bond donors (Lipinski definition) is 1. The SMILES string of the molecule is COc1ccc(N2CCN([C@@H](C)C(=O)NC3CCC(C)CC3)CC2)cc1. The average molecular weight is 360 g/mol. The third kappa shape index (κ3) is 4.70. The molecule has 2 aliphatic rings. The third-order valence-electron chi connectivity index (χ3n) is 6.04. The number of hydrogen-bond acceptors (Lipinski definition) is 4. The van der Waals surface area contributed by atoms with Gasteiger partial charge in [-0.25, -0.2) is 0 Å². The van der Waals surface area contributed by atoms with Crippen molar-refractivity contribution >= 4 is 11.6 Å². The fraction of sp³-hybridized carbons (Fsp3) is 0.667. The van der Waals surface area contributed by atoms with E-state index in [0.29, 0.717) is 6.04 Å². The molecule has 1 aromatic carbocycles. The van der Waals surface area contributed by atoms with Gasteiger partial charge in [-0.05, 0) is 62.8 Å². The van der Waals surface area contributed by atoms with E-state index in [1.165, 1.54) is 18.5 Å². The lowest BCUT2D eigenvalue weighted by molar-refractivity contribution is -0.127. The first-order valence-corrected chi connectivity index (χ1v) is 10.00. The largest absolute Gasteiger partial charge is 0.497 e. The first kappa shape index (κ1) is 19.0. The van der Waals surface area contributed by atoms with Gasteiger partial charge in [-0.2, -0.15) is 0 Å². The molecule has 1 aliphatic carbocycles. The predicted molar refractivity (Wildman–Crippen MR) is 106 cm³/mol. The Balaban J connectivity index is 1.46. The number of nitrogens with zero attached hydrogens (tertiary/aromatic N) is 2. The van der Waals surface area contributed by atoms with Gasteiger partial charge < -0.3 is 15.0 Å². The molecule has 5 nitrogen and oxygen atoms in total. The number of benzene rings is 1. The van der Waals surface area contributed by atoms with Gasteiger partial charge in [0.25, 0.3) is 0 Å². The molecule has 1 heterocycles. The molecular formula is C21H33N3O2. The standard InChI is InChI=1S/C21H33N3O2/c1-16-4-6-18(7-5-16)22-21(25)17(2)23-12-14-24(15-13-23)19-8-10-20(26-3)11-9-19/h8-11,16-18H,4-7,12-15H2,1-3H3,(H,22,25)/t16?,17-,18?/m0/s1. The predicted octanol–water partition coefficient (Wildman–Crippen LogP) is 2.90. The summed E-state index contributed by atoms with van der Waals surface area (Å²) >= 11 is 0. The van der Waals surface area contributed by atoms with Crippen LogP contribution in [-0.4, -0.2) is 56.2 Å². The summed E-state index contributed by atoms with van der Waals surface area (Å²) in [5.74, 6) is 1.89. The quantitative estimate of drug-likeness (QED) is 0.878. The normalized spacial score (nSPS) is 25.6. The van der Waals surface area contributed by atoms with Gasteiger partial charge in [-0.1, -0.05) is 6.92 Å². The zero-order chi connectivity index (χ0) is 18.5. The number of carbonyl (C=O) groups excluding carboxylic acids is 1. The molecule has 1 aromatic rings. The Labute approximate surface area is 157 Å². The van der Waals surface area contributed by atoms with Crippen molar-refractivity contribution in [3.63, 3.8) is 0 Å². The Morgan fingerprint density at radius 1 is 1.08 bits per heavy atom. The summed E-state index contributed by atoms with van der Waals surface area (Å²) in [5.41, 5.74) is 1.22. The smallest absolute Gasteiger partial charge is 0.237 e. The highest BCUT2D eigenvalue weighted by atomic mass is 16.5. The first-order valence-electron chi connectivity index (χ1n) is 10.00. The zero-order valence-electron chi connectivity index (χ0n) is 16.4. The highest BCUT2D eigenvalue weighted by molar-refractivity contribution is 5.81. The highest BCUT2D eigenvalue weighted by Crippen LogP contribution is 2.24. The number of rotatable bonds is 5. The van der Waals surface area contributed by atoms with Crippen LogP contribution in [0.1, 0.15) is 39.5 Å². The first-order chi connectivity index (χ1) is 12.6. The summed E-state index contributed by atoms with van der Waals surface area (Å²) in [5, 5.41) is 3.28. The molecule has 1 saturated heterocycles. The lowest BCUT2D eigenvalue weighted by Gasteiger charge is -2.39. The molecule has 0 aromatic heterocycles. The summed E-state index contributed by atoms with van der Waals surface area (Å²) in [7, 11) is 1.69. The maximum atomic E-state index is 12.6. The molecule has 1 amide bonds. The summed E-state index contributed by atoms with van der Waals surface area (Å²) < 4.78 is 5.23. The minimum atomic E-state index is -0.0487. The second kappa shape index (κ2) is 8.76. The van der Waals surface area contributed by atoms with Gasteiger partial charge in [0.1, 0.15) is 5.75 Å². The Kier molecular flexibility index (Phi) is 6.41. The van der Waals surface area contributed by atoms with Gasteiger partial charge in [-0.15, -0.1) is 0 Å². The summed E-state index contributed by atoms with van der Waals surface area (Å²) in [4.78, 5) is 17.3. The Bertz CT molecular complexity index is 573. The van der Waals surface area contributed by atoms with Gasteiger partial charge in [0.15, 0.2) is 0 Å². The van der Waals surface area contributed by atoms with Crippen LogP contribution in [0.5, 0.6) is 5.75 Å². The van der Waals surface area contributed by atoms with E-state index in [1.807, 2.05) is 19.1 Å².